The molecule has 1 saturated carbocycles. The molecule has 5 heteroatoms. The number of carboxylic acid groups (broad SMARTS) is 1. The van der Waals surface area contributed by atoms with Gasteiger partial charge in [0.05, 0.1) is 5.41 Å². The second-order valence-electron chi connectivity index (χ2n) is 5.10. The number of likely N-dealkylation sites (N-methyl/N-ethyl adjacent to an activating group) is 1. The molecule has 19 heavy (non-hydrogen) atoms. The number of carboxylic acids is 1. The molecule has 1 aromatic carbocycles. The Bertz CT molecular complexity index is 511. The van der Waals surface area contributed by atoms with Crippen LogP contribution in [0.1, 0.15) is 18.4 Å². The predicted molar refractivity (Wildman–Crippen MR) is 72.1 cm³/mol. The molecule has 0 atom stereocenters. The number of carbonyl (C=O) groups excluding carboxylic acids is 1. The summed E-state index contributed by atoms with van der Waals surface area (Å²) in [6.45, 7) is -0.261. The Kier molecular flexibility index (Phi) is 3.80. The number of hydrogen-bond donors (Lipinski definition) is 1. The molecule has 1 aliphatic rings. The zero-order chi connectivity index (χ0) is 14.0. The number of nitrogens with zero attached hydrogens (tertiary/aromatic N) is 1. The lowest BCUT2D eigenvalue weighted by Gasteiger charge is -2.22. The summed E-state index contributed by atoms with van der Waals surface area (Å²) in [5.41, 5.74) is 0.494. The van der Waals surface area contributed by atoms with Crippen LogP contribution in [-0.4, -0.2) is 35.5 Å². The zero-order valence-corrected chi connectivity index (χ0v) is 11.5. The van der Waals surface area contributed by atoms with Crippen molar-refractivity contribution in [2.75, 3.05) is 13.6 Å². The van der Waals surface area contributed by atoms with E-state index in [1.54, 1.807) is 6.07 Å². The maximum absolute atomic E-state index is 12.3. The predicted octanol–water partition coefficient (Wildman–Crippen LogP) is 2.21. The van der Waals surface area contributed by atoms with Crippen LogP contribution < -0.4 is 0 Å². The van der Waals surface area contributed by atoms with E-state index < -0.39 is 11.4 Å². The van der Waals surface area contributed by atoms with Gasteiger partial charge < -0.3 is 10.0 Å². The van der Waals surface area contributed by atoms with E-state index in [0.29, 0.717) is 11.4 Å². The molecule has 0 aliphatic heterocycles. The van der Waals surface area contributed by atoms with Crippen LogP contribution in [0.5, 0.6) is 0 Å². The number of amides is 1. The van der Waals surface area contributed by atoms with Crippen molar-refractivity contribution in [2.24, 2.45) is 5.41 Å². The molecular weight excluding hydrogens is 266 g/mol. The van der Waals surface area contributed by atoms with Crippen molar-refractivity contribution < 1.29 is 14.7 Å². The van der Waals surface area contributed by atoms with Gasteiger partial charge in [0.25, 0.3) is 0 Å². The van der Waals surface area contributed by atoms with E-state index in [9.17, 15) is 9.59 Å². The maximum Gasteiger partial charge on any atom is 0.323 e. The van der Waals surface area contributed by atoms with E-state index in [2.05, 4.69) is 0 Å². The summed E-state index contributed by atoms with van der Waals surface area (Å²) >= 11 is 6.11. The molecule has 2 rings (SSSR count). The Morgan fingerprint density at radius 3 is 2.53 bits per heavy atom. The van der Waals surface area contributed by atoms with Crippen molar-refractivity contribution >= 4 is 23.5 Å². The highest BCUT2D eigenvalue weighted by Gasteiger charge is 2.51. The van der Waals surface area contributed by atoms with Gasteiger partial charge in [-0.1, -0.05) is 29.8 Å². The first-order valence-corrected chi connectivity index (χ1v) is 6.53. The smallest absolute Gasteiger partial charge is 0.323 e. The molecule has 0 heterocycles. The Morgan fingerprint density at radius 1 is 1.37 bits per heavy atom. The van der Waals surface area contributed by atoms with Gasteiger partial charge in [-0.3, -0.25) is 9.59 Å². The van der Waals surface area contributed by atoms with E-state index in [1.807, 2.05) is 18.2 Å². The summed E-state index contributed by atoms with van der Waals surface area (Å²) in [5, 5.41) is 9.39. The van der Waals surface area contributed by atoms with Gasteiger partial charge in [0.15, 0.2) is 0 Å². The van der Waals surface area contributed by atoms with E-state index in [4.69, 9.17) is 16.7 Å². The largest absolute Gasteiger partial charge is 0.480 e. The van der Waals surface area contributed by atoms with Crippen LogP contribution in [0.15, 0.2) is 24.3 Å². The highest BCUT2D eigenvalue weighted by molar-refractivity contribution is 6.31. The highest BCUT2D eigenvalue weighted by Crippen LogP contribution is 2.50. The topological polar surface area (TPSA) is 57.6 Å². The second kappa shape index (κ2) is 5.21. The molecule has 0 saturated heterocycles. The van der Waals surface area contributed by atoms with Crippen molar-refractivity contribution in [3.8, 4) is 0 Å². The number of benzene rings is 1. The average Bonchev–Trinajstić information content (AvgIpc) is 3.11. The fourth-order valence-electron chi connectivity index (χ4n) is 2.30. The van der Waals surface area contributed by atoms with Crippen molar-refractivity contribution in [2.45, 2.75) is 19.3 Å². The molecule has 1 aromatic rings. The average molecular weight is 282 g/mol. The maximum atomic E-state index is 12.3. The van der Waals surface area contributed by atoms with Crippen molar-refractivity contribution in [3.63, 3.8) is 0 Å². The minimum absolute atomic E-state index is 0.102. The lowest BCUT2D eigenvalue weighted by atomic mass is 9.95. The number of hydrogen-bond acceptors (Lipinski definition) is 2. The van der Waals surface area contributed by atoms with Gasteiger partial charge in [-0.05, 0) is 30.9 Å². The molecule has 102 valence electrons. The molecule has 0 radical (unpaired) electrons. The van der Waals surface area contributed by atoms with Crippen LogP contribution in [0.3, 0.4) is 0 Å². The van der Waals surface area contributed by atoms with E-state index in [1.165, 1.54) is 11.9 Å². The molecule has 0 unspecified atom stereocenters. The summed E-state index contributed by atoms with van der Waals surface area (Å²) in [7, 11) is 1.53. The molecular formula is C14H16ClNO3. The fourth-order valence-corrected chi connectivity index (χ4v) is 2.51. The van der Waals surface area contributed by atoms with Crippen LogP contribution >= 0.6 is 11.6 Å². The number of aliphatic carboxylic acids is 1. The summed E-state index contributed by atoms with van der Waals surface area (Å²) in [6, 6.07) is 7.46. The summed E-state index contributed by atoms with van der Waals surface area (Å²) < 4.78 is 0. The zero-order valence-electron chi connectivity index (χ0n) is 10.7. The van der Waals surface area contributed by atoms with Gasteiger partial charge in [-0.2, -0.15) is 0 Å². The third-order valence-corrected chi connectivity index (χ3v) is 3.88. The third-order valence-electron chi connectivity index (χ3n) is 3.51. The van der Waals surface area contributed by atoms with Crippen molar-refractivity contribution in [1.82, 2.24) is 4.90 Å². The Morgan fingerprint density at radius 2 is 2.00 bits per heavy atom. The number of carbonyl (C=O) groups is 2. The fraction of sp³-hybridized carbons (Fsp3) is 0.429. The first kappa shape index (κ1) is 13.9. The van der Waals surface area contributed by atoms with Gasteiger partial charge in [0.2, 0.25) is 5.91 Å². The Hall–Kier alpha value is -1.55. The first-order chi connectivity index (χ1) is 8.94. The molecule has 0 bridgehead atoms. The molecule has 1 fully saturated rings. The minimum atomic E-state index is -0.996. The molecule has 4 nitrogen and oxygen atoms in total. The van der Waals surface area contributed by atoms with Crippen LogP contribution in [0.25, 0.3) is 0 Å². The van der Waals surface area contributed by atoms with Crippen LogP contribution in [0, 0.1) is 5.41 Å². The normalized spacial score (nSPS) is 15.9. The summed E-state index contributed by atoms with van der Waals surface area (Å²) in [6.07, 6.45) is 2.16. The number of rotatable bonds is 5. The standard InChI is InChI=1S/C14H16ClNO3/c1-16(9-12(17)18)13(19)14(6-7-14)8-10-4-2-3-5-11(10)15/h2-5H,6-9H2,1H3,(H,17,18). The van der Waals surface area contributed by atoms with Gasteiger partial charge >= 0.3 is 5.97 Å². The Balaban J connectivity index is 2.09. The van der Waals surface area contributed by atoms with Gasteiger partial charge in [-0.25, -0.2) is 0 Å². The van der Waals surface area contributed by atoms with E-state index in [0.717, 1.165) is 18.4 Å². The Labute approximate surface area is 117 Å². The lowest BCUT2D eigenvalue weighted by Crippen LogP contribution is -2.38. The lowest BCUT2D eigenvalue weighted by molar-refractivity contribution is -0.145. The summed E-state index contributed by atoms with van der Waals surface area (Å²) in [4.78, 5) is 24.2. The summed E-state index contributed by atoms with van der Waals surface area (Å²) in [5.74, 6) is -1.10. The van der Waals surface area contributed by atoms with E-state index >= 15 is 0 Å². The molecule has 0 aromatic heterocycles. The van der Waals surface area contributed by atoms with Gasteiger partial charge in [-0.15, -0.1) is 0 Å². The van der Waals surface area contributed by atoms with Crippen LogP contribution in [0.2, 0.25) is 5.02 Å². The minimum Gasteiger partial charge on any atom is -0.480 e. The van der Waals surface area contributed by atoms with Crippen molar-refractivity contribution in [1.29, 1.82) is 0 Å². The van der Waals surface area contributed by atoms with Crippen LogP contribution in [0.4, 0.5) is 0 Å². The second-order valence-corrected chi connectivity index (χ2v) is 5.51. The highest BCUT2D eigenvalue weighted by atomic mass is 35.5. The molecule has 1 N–H and O–H groups in total. The van der Waals surface area contributed by atoms with Gasteiger partial charge in [0.1, 0.15) is 6.54 Å². The van der Waals surface area contributed by atoms with Crippen LogP contribution in [-0.2, 0) is 16.0 Å². The van der Waals surface area contributed by atoms with E-state index in [-0.39, 0.29) is 12.5 Å². The monoisotopic (exact) mass is 281 g/mol. The molecule has 1 aliphatic carbocycles. The number of halogens is 1. The SMILES string of the molecule is CN(CC(=O)O)C(=O)C1(Cc2ccccc2Cl)CC1. The third kappa shape index (κ3) is 3.07. The van der Waals surface area contributed by atoms with Crippen molar-refractivity contribution in [3.05, 3.63) is 34.9 Å². The first-order valence-electron chi connectivity index (χ1n) is 6.15. The molecule has 0 spiro atoms. The quantitative estimate of drug-likeness (QED) is 0.900. The van der Waals surface area contributed by atoms with Gasteiger partial charge in [0, 0.05) is 12.1 Å². The molecule has 1 amide bonds.